The summed E-state index contributed by atoms with van der Waals surface area (Å²) in [6.07, 6.45) is -0.0648. The van der Waals surface area contributed by atoms with Crippen molar-refractivity contribution in [3.8, 4) is 0 Å². The first-order valence-corrected chi connectivity index (χ1v) is 11.2. The Morgan fingerprint density at radius 2 is 1.59 bits per heavy atom. The lowest BCUT2D eigenvalue weighted by Gasteiger charge is -2.29. The number of aryl methyl sites for hydroxylation is 1. The number of hydrogen-bond donors (Lipinski definition) is 0. The molecule has 0 saturated carbocycles. The van der Waals surface area contributed by atoms with Crippen molar-refractivity contribution in [1.82, 2.24) is 0 Å². The Balaban J connectivity index is 1.58. The van der Waals surface area contributed by atoms with E-state index < -0.39 is 18.1 Å². The van der Waals surface area contributed by atoms with Gasteiger partial charge in [0.15, 0.2) is 6.10 Å². The van der Waals surface area contributed by atoms with Gasteiger partial charge in [0.2, 0.25) is 5.91 Å². The molecule has 3 aromatic rings. The largest absolute Gasteiger partial charge is 0.273 e. The Bertz CT molecular complexity index is 1180. The van der Waals surface area contributed by atoms with Crippen molar-refractivity contribution >= 4 is 46.4 Å². The maximum absolute atomic E-state index is 13.6. The van der Waals surface area contributed by atoms with Gasteiger partial charge in [-0.25, -0.2) is 9.96 Å². The summed E-state index contributed by atoms with van der Waals surface area (Å²) >= 11 is 12.7. The van der Waals surface area contributed by atoms with Crippen LogP contribution >= 0.6 is 23.2 Å². The fraction of sp³-hybridized carbons (Fsp3) is 0.200. The number of hydroxylamine groups is 1. The van der Waals surface area contributed by atoms with Crippen LogP contribution in [0.5, 0.6) is 0 Å². The molecule has 32 heavy (non-hydrogen) atoms. The summed E-state index contributed by atoms with van der Waals surface area (Å²) < 4.78 is 0. The van der Waals surface area contributed by atoms with Crippen molar-refractivity contribution in [2.24, 2.45) is 5.92 Å². The molecule has 5 nitrogen and oxygen atoms in total. The van der Waals surface area contributed by atoms with Gasteiger partial charge in [-0.15, -0.1) is 0 Å². The number of anilines is 2. The summed E-state index contributed by atoms with van der Waals surface area (Å²) in [5, 5.41) is 2.53. The van der Waals surface area contributed by atoms with Gasteiger partial charge in [0.1, 0.15) is 5.92 Å². The number of nitrogens with zero attached hydrogens (tertiary/aromatic N) is 2. The molecule has 2 fully saturated rings. The van der Waals surface area contributed by atoms with E-state index in [9.17, 15) is 9.59 Å². The van der Waals surface area contributed by atoms with Crippen LogP contribution in [-0.4, -0.2) is 17.9 Å². The zero-order valence-corrected chi connectivity index (χ0v) is 18.8. The van der Waals surface area contributed by atoms with Crippen LogP contribution in [0.1, 0.15) is 24.1 Å². The average molecular weight is 467 g/mol. The molecule has 5 rings (SSSR count). The average Bonchev–Trinajstić information content (AvgIpc) is 3.30. The third-order valence-electron chi connectivity index (χ3n) is 6.01. The number of carbonyl (C=O) groups excluding carboxylic acids is 2. The number of halogens is 2. The van der Waals surface area contributed by atoms with E-state index in [0.29, 0.717) is 21.3 Å². The zero-order chi connectivity index (χ0) is 22.4. The lowest BCUT2D eigenvalue weighted by atomic mass is 9.90. The highest BCUT2D eigenvalue weighted by molar-refractivity contribution is 6.35. The summed E-state index contributed by atoms with van der Waals surface area (Å²) in [6.45, 7) is 2.05. The Morgan fingerprint density at radius 3 is 2.25 bits per heavy atom. The summed E-state index contributed by atoms with van der Waals surface area (Å²) in [5.74, 6) is -1.43. The van der Waals surface area contributed by atoms with Crippen molar-refractivity contribution in [3.05, 3.63) is 94.0 Å². The molecule has 7 heteroatoms. The van der Waals surface area contributed by atoms with Crippen molar-refractivity contribution in [2.75, 3.05) is 9.96 Å². The molecule has 3 atom stereocenters. The number of carbonyl (C=O) groups is 2. The predicted octanol–water partition coefficient (Wildman–Crippen LogP) is 5.61. The quantitative estimate of drug-likeness (QED) is 0.469. The molecule has 2 aliphatic heterocycles. The van der Waals surface area contributed by atoms with Crippen LogP contribution in [0.15, 0.2) is 72.8 Å². The van der Waals surface area contributed by atoms with Gasteiger partial charge in [-0.1, -0.05) is 66.5 Å². The first kappa shape index (κ1) is 21.0. The van der Waals surface area contributed by atoms with E-state index in [0.717, 1.165) is 17.7 Å². The predicted molar refractivity (Wildman–Crippen MR) is 125 cm³/mol. The Labute approximate surface area is 196 Å². The van der Waals surface area contributed by atoms with E-state index in [2.05, 4.69) is 6.92 Å². The maximum atomic E-state index is 13.6. The second kappa shape index (κ2) is 8.24. The van der Waals surface area contributed by atoms with Crippen LogP contribution in [0, 0.1) is 5.92 Å². The molecule has 2 heterocycles. The third kappa shape index (κ3) is 3.37. The van der Waals surface area contributed by atoms with Gasteiger partial charge < -0.3 is 0 Å². The topological polar surface area (TPSA) is 49.9 Å². The standard InChI is InChI=1S/C25H20Cl2N2O3/c1-2-15-8-11-17(12-9-15)28-24(30)21-22(19-13-10-16(26)14-20(19)27)29(32-23(21)25(28)31)18-6-4-3-5-7-18/h3-14,21-23H,2H2,1H3. The lowest BCUT2D eigenvalue weighted by Crippen LogP contribution is -2.37. The van der Waals surface area contributed by atoms with Crippen LogP contribution in [0.3, 0.4) is 0 Å². The fourth-order valence-corrected chi connectivity index (χ4v) is 4.93. The molecule has 3 unspecified atom stereocenters. The Morgan fingerprint density at radius 1 is 0.875 bits per heavy atom. The minimum Gasteiger partial charge on any atom is -0.273 e. The molecule has 0 aromatic heterocycles. The molecule has 0 radical (unpaired) electrons. The number of benzene rings is 3. The smallest absolute Gasteiger partial charge is 0.266 e. The molecule has 0 spiro atoms. The van der Waals surface area contributed by atoms with E-state index in [-0.39, 0.29) is 11.8 Å². The third-order valence-corrected chi connectivity index (χ3v) is 6.57. The van der Waals surface area contributed by atoms with Gasteiger partial charge in [0, 0.05) is 10.0 Å². The Hall–Kier alpha value is -2.86. The number of hydrogen-bond acceptors (Lipinski definition) is 4. The lowest BCUT2D eigenvalue weighted by molar-refractivity contribution is -0.126. The van der Waals surface area contributed by atoms with E-state index >= 15 is 0 Å². The second-order valence-corrected chi connectivity index (χ2v) is 8.70. The number of fused-ring (bicyclic) bond motifs is 1. The number of para-hydroxylation sites is 1. The van der Waals surface area contributed by atoms with Gasteiger partial charge in [-0.3, -0.25) is 14.4 Å². The number of amides is 2. The van der Waals surface area contributed by atoms with Gasteiger partial charge in [-0.2, -0.15) is 0 Å². The van der Waals surface area contributed by atoms with Crippen LogP contribution in [0.4, 0.5) is 11.4 Å². The molecule has 3 aromatic carbocycles. The van der Waals surface area contributed by atoms with Gasteiger partial charge >= 0.3 is 0 Å². The van der Waals surface area contributed by atoms with E-state index in [1.54, 1.807) is 35.4 Å². The normalized spacial score (nSPS) is 22.5. The summed E-state index contributed by atoms with van der Waals surface area (Å²) in [7, 11) is 0. The van der Waals surface area contributed by atoms with Crippen molar-refractivity contribution in [2.45, 2.75) is 25.5 Å². The molecule has 0 bridgehead atoms. The summed E-state index contributed by atoms with van der Waals surface area (Å²) in [5.41, 5.74) is 3.09. The Kier molecular flexibility index (Phi) is 5.41. The molecule has 0 N–H and O–H groups in total. The maximum Gasteiger partial charge on any atom is 0.266 e. The van der Waals surface area contributed by atoms with E-state index in [4.69, 9.17) is 28.0 Å². The van der Waals surface area contributed by atoms with Crippen LogP contribution in [-0.2, 0) is 20.8 Å². The van der Waals surface area contributed by atoms with Crippen LogP contribution < -0.4 is 9.96 Å². The molecule has 2 aliphatic rings. The minimum absolute atomic E-state index is 0.307. The first-order valence-electron chi connectivity index (χ1n) is 10.4. The van der Waals surface area contributed by atoms with Crippen LogP contribution in [0.2, 0.25) is 10.0 Å². The molecular weight excluding hydrogens is 447 g/mol. The first-order chi connectivity index (χ1) is 15.5. The SMILES string of the molecule is CCc1ccc(N2C(=O)C3ON(c4ccccc4)C(c4ccc(Cl)cc4Cl)C3C2=O)cc1. The number of rotatable bonds is 4. The summed E-state index contributed by atoms with van der Waals surface area (Å²) in [4.78, 5) is 34.3. The zero-order valence-electron chi connectivity index (χ0n) is 17.2. The fourth-order valence-electron chi connectivity index (χ4n) is 4.41. The van der Waals surface area contributed by atoms with Crippen molar-refractivity contribution in [3.63, 3.8) is 0 Å². The monoisotopic (exact) mass is 466 g/mol. The molecular formula is C25H20Cl2N2O3. The van der Waals surface area contributed by atoms with Crippen LogP contribution in [0.25, 0.3) is 0 Å². The minimum atomic E-state index is -0.940. The molecule has 2 amide bonds. The van der Waals surface area contributed by atoms with E-state index in [1.807, 2.05) is 42.5 Å². The van der Waals surface area contributed by atoms with Gasteiger partial charge in [0.05, 0.1) is 17.4 Å². The van der Waals surface area contributed by atoms with Crippen molar-refractivity contribution < 1.29 is 14.4 Å². The van der Waals surface area contributed by atoms with Gasteiger partial charge in [0.25, 0.3) is 5.91 Å². The van der Waals surface area contributed by atoms with E-state index in [1.165, 1.54) is 4.90 Å². The highest BCUT2D eigenvalue weighted by Gasteiger charge is 2.60. The molecule has 162 valence electrons. The highest BCUT2D eigenvalue weighted by Crippen LogP contribution is 2.49. The summed E-state index contributed by atoms with van der Waals surface area (Å²) in [6, 6.07) is 21.4. The molecule has 0 aliphatic carbocycles. The second-order valence-electron chi connectivity index (χ2n) is 7.86. The highest BCUT2D eigenvalue weighted by atomic mass is 35.5. The van der Waals surface area contributed by atoms with Crippen molar-refractivity contribution in [1.29, 1.82) is 0 Å². The van der Waals surface area contributed by atoms with Gasteiger partial charge in [-0.05, 0) is 53.9 Å². The number of imide groups is 1. The molecule has 2 saturated heterocycles.